The molecular formula is C48H74N10O15. The quantitative estimate of drug-likeness (QED) is 0.0407. The fourth-order valence-electron chi connectivity index (χ4n) is 7.55. The van der Waals surface area contributed by atoms with E-state index in [4.69, 9.17) is 5.73 Å². The van der Waals surface area contributed by atoms with Crippen LogP contribution in [0.25, 0.3) is 10.9 Å². The molecule has 0 aliphatic carbocycles. The van der Waals surface area contributed by atoms with Crippen molar-refractivity contribution in [2.24, 2.45) is 29.4 Å². The van der Waals surface area contributed by atoms with Crippen molar-refractivity contribution in [3.05, 3.63) is 36.0 Å². The number of nitrogens with two attached hydrogens (primary N) is 1. The van der Waals surface area contributed by atoms with Crippen LogP contribution in [0.4, 0.5) is 0 Å². The third kappa shape index (κ3) is 19.8. The molecule has 0 bridgehead atoms. The maximum atomic E-state index is 14.4. The Morgan fingerprint density at radius 2 is 1.07 bits per heavy atom. The van der Waals surface area contributed by atoms with E-state index in [1.54, 1.807) is 85.9 Å². The van der Waals surface area contributed by atoms with Crippen LogP contribution in [-0.2, 0) is 59.2 Å². The molecule has 0 unspecified atom stereocenters. The highest BCUT2D eigenvalue weighted by Crippen LogP contribution is 2.20. The number of aliphatic hydroxyl groups excluding tert-OH is 1. The molecule has 25 nitrogen and oxygen atoms in total. The molecule has 1 heterocycles. The summed E-state index contributed by atoms with van der Waals surface area (Å²) in [6.45, 7) is 11.8. The normalized spacial score (nSPS) is 15.4. The summed E-state index contributed by atoms with van der Waals surface area (Å²) in [5.74, 6) is -13.7. The van der Waals surface area contributed by atoms with Crippen LogP contribution >= 0.6 is 0 Å². The molecule has 73 heavy (non-hydrogen) atoms. The number of amides is 8. The fraction of sp³-hybridized carbons (Fsp3) is 0.604. The number of aromatic amines is 1. The summed E-state index contributed by atoms with van der Waals surface area (Å²) in [5, 5.41) is 59.1. The van der Waals surface area contributed by atoms with E-state index in [-0.39, 0.29) is 25.2 Å². The number of H-pyrrole nitrogens is 1. The molecule has 10 atom stereocenters. The summed E-state index contributed by atoms with van der Waals surface area (Å²) >= 11 is 0. The van der Waals surface area contributed by atoms with Crippen molar-refractivity contribution >= 4 is 76.1 Å². The fourth-order valence-corrected chi connectivity index (χ4v) is 7.55. The second-order valence-electron chi connectivity index (χ2n) is 18.8. The number of benzene rings is 1. The van der Waals surface area contributed by atoms with Gasteiger partial charge in [-0.3, -0.25) is 47.9 Å². The van der Waals surface area contributed by atoms with Gasteiger partial charge in [-0.2, -0.15) is 0 Å². The smallest absolute Gasteiger partial charge is 0.326 e. The first-order valence-corrected chi connectivity index (χ1v) is 24.2. The molecule has 0 aliphatic heterocycles. The van der Waals surface area contributed by atoms with Crippen LogP contribution < -0.4 is 48.3 Å². The van der Waals surface area contributed by atoms with Crippen molar-refractivity contribution in [2.45, 2.75) is 149 Å². The zero-order chi connectivity index (χ0) is 55.3. The minimum Gasteiger partial charge on any atom is -0.481 e. The molecule has 0 radical (unpaired) electrons. The number of hydrogen-bond donors (Lipinski definition) is 14. The number of aliphatic hydroxyl groups is 1. The number of hydrogen-bond acceptors (Lipinski definition) is 13. The highest BCUT2D eigenvalue weighted by atomic mass is 16.4. The first kappa shape index (κ1) is 62.0. The van der Waals surface area contributed by atoms with E-state index in [0.717, 1.165) is 0 Å². The van der Waals surface area contributed by atoms with Gasteiger partial charge < -0.3 is 73.7 Å². The number of fused-ring (bicyclic) bond motifs is 1. The number of carboxylic acid groups (broad SMARTS) is 3. The number of aromatic nitrogens is 1. The Labute approximate surface area is 423 Å². The summed E-state index contributed by atoms with van der Waals surface area (Å²) in [4.78, 5) is 147. The van der Waals surface area contributed by atoms with Gasteiger partial charge in [0.05, 0.1) is 19.6 Å². The Bertz CT molecular complexity index is 2270. The van der Waals surface area contributed by atoms with Crippen LogP contribution in [0.15, 0.2) is 30.5 Å². The molecular weight excluding hydrogens is 957 g/mol. The van der Waals surface area contributed by atoms with Crippen molar-refractivity contribution < 1.29 is 73.2 Å². The van der Waals surface area contributed by atoms with E-state index in [0.29, 0.717) is 29.3 Å². The van der Waals surface area contributed by atoms with E-state index in [9.17, 15) is 73.2 Å². The molecule has 0 spiro atoms. The lowest BCUT2D eigenvalue weighted by Crippen LogP contribution is -2.62. The lowest BCUT2D eigenvalue weighted by Gasteiger charge is -2.30. The van der Waals surface area contributed by atoms with Gasteiger partial charge in [0, 0.05) is 29.9 Å². The maximum absolute atomic E-state index is 14.4. The van der Waals surface area contributed by atoms with Gasteiger partial charge in [-0.15, -0.1) is 0 Å². The lowest BCUT2D eigenvalue weighted by molar-refractivity contribution is -0.145. The molecule has 2 rings (SSSR count). The van der Waals surface area contributed by atoms with Crippen molar-refractivity contribution in [1.29, 1.82) is 0 Å². The average Bonchev–Trinajstić information content (AvgIpc) is 3.74. The highest BCUT2D eigenvalue weighted by molar-refractivity contribution is 5.99. The Kier molecular flexibility index (Phi) is 25.5. The number of rotatable bonds is 32. The number of carbonyl (C=O) groups is 11. The van der Waals surface area contributed by atoms with Crippen molar-refractivity contribution in [1.82, 2.24) is 47.5 Å². The van der Waals surface area contributed by atoms with Gasteiger partial charge in [-0.25, -0.2) is 4.79 Å². The van der Waals surface area contributed by atoms with Crippen LogP contribution in [0, 0.1) is 23.7 Å². The second kappa shape index (κ2) is 30.0. The standard InChI is InChI=1S/C48H74N10O15/c1-9-25(7)39(57-41(65)30(15-16-36(61)62)51-35(60)20-49)47(71)56-38(24(5)6)46(70)54-31(17-23(3)4)42(66)52-32(18-27-21-50-29-14-12-11-13-28(27)29)43(67)55-34(22-59)45(69)53-33(19-37(63)64)44(68)58-40(48(72)73)26(8)10-2/h11-14,21,23-26,30-34,38-40,50,59H,9-10,15-20,22,49H2,1-8H3,(H,51,60)(H,52,66)(H,53,69)(H,54,70)(H,55,67)(H,56,71)(H,57,65)(H,58,68)(H,61,62)(H,63,64)(H,72,73)/t25-,26-,30-,31-,32-,33-,34-,38-,39-,40-/m0/s1. The molecule has 0 fully saturated rings. The zero-order valence-corrected chi connectivity index (χ0v) is 42.5. The molecule has 2 aromatic rings. The minimum absolute atomic E-state index is 0.00400. The number of carboxylic acids is 3. The molecule has 0 aliphatic rings. The SMILES string of the molecule is CC[C@H](C)[C@H](NC(=O)[C@H](CC(=O)O)NC(=O)[C@H](CO)NC(=O)[C@H](Cc1c[nH]c2ccccc12)NC(=O)[C@H](CC(C)C)NC(=O)[C@@H](NC(=O)[C@@H](NC(=O)[C@H](CCC(=O)O)NC(=O)CN)[C@@H](C)CC)C(C)C)C(=O)O. The van der Waals surface area contributed by atoms with Gasteiger partial charge in [0.25, 0.3) is 0 Å². The van der Waals surface area contributed by atoms with Gasteiger partial charge >= 0.3 is 17.9 Å². The largest absolute Gasteiger partial charge is 0.481 e. The van der Waals surface area contributed by atoms with Crippen molar-refractivity contribution in [2.75, 3.05) is 13.2 Å². The molecule has 1 aromatic carbocycles. The highest BCUT2D eigenvalue weighted by Gasteiger charge is 2.37. The van der Waals surface area contributed by atoms with E-state index in [2.05, 4.69) is 47.5 Å². The van der Waals surface area contributed by atoms with E-state index < -0.39 is 157 Å². The molecule has 406 valence electrons. The monoisotopic (exact) mass is 1030 g/mol. The van der Waals surface area contributed by atoms with Gasteiger partial charge in [0.1, 0.15) is 48.3 Å². The topological polar surface area (TPSA) is 407 Å². The summed E-state index contributed by atoms with van der Waals surface area (Å²) < 4.78 is 0. The molecule has 25 heteroatoms. The van der Waals surface area contributed by atoms with Crippen LogP contribution in [0.5, 0.6) is 0 Å². The van der Waals surface area contributed by atoms with Crippen molar-refractivity contribution in [3.8, 4) is 0 Å². The van der Waals surface area contributed by atoms with Crippen LogP contribution in [-0.4, -0.2) is 152 Å². The van der Waals surface area contributed by atoms with Crippen LogP contribution in [0.1, 0.15) is 99.5 Å². The Morgan fingerprint density at radius 3 is 1.62 bits per heavy atom. The van der Waals surface area contributed by atoms with Gasteiger partial charge in [-0.1, -0.05) is 86.4 Å². The van der Waals surface area contributed by atoms with Gasteiger partial charge in [0.15, 0.2) is 0 Å². The number of carbonyl (C=O) groups excluding carboxylic acids is 8. The van der Waals surface area contributed by atoms with Crippen molar-refractivity contribution in [3.63, 3.8) is 0 Å². The maximum Gasteiger partial charge on any atom is 0.326 e. The molecule has 8 amide bonds. The summed E-state index contributed by atoms with van der Waals surface area (Å²) in [7, 11) is 0. The van der Waals surface area contributed by atoms with E-state index in [1.165, 1.54) is 0 Å². The molecule has 0 saturated carbocycles. The molecule has 0 saturated heterocycles. The third-order valence-electron chi connectivity index (χ3n) is 12.2. The molecule has 15 N–H and O–H groups in total. The van der Waals surface area contributed by atoms with Crippen LogP contribution in [0.2, 0.25) is 0 Å². The summed E-state index contributed by atoms with van der Waals surface area (Å²) in [5.41, 5.74) is 6.60. The molecule has 1 aromatic heterocycles. The third-order valence-corrected chi connectivity index (χ3v) is 12.2. The number of nitrogens with one attached hydrogen (secondary N) is 9. The van der Waals surface area contributed by atoms with Crippen LogP contribution in [0.3, 0.4) is 0 Å². The van der Waals surface area contributed by atoms with E-state index >= 15 is 0 Å². The van der Waals surface area contributed by atoms with Gasteiger partial charge in [-0.05, 0) is 48.1 Å². The Morgan fingerprint density at radius 1 is 0.575 bits per heavy atom. The minimum atomic E-state index is -1.85. The second-order valence-corrected chi connectivity index (χ2v) is 18.8. The summed E-state index contributed by atoms with van der Waals surface area (Å²) in [6, 6.07) is -4.94. The lowest BCUT2D eigenvalue weighted by atomic mass is 9.95. The van der Waals surface area contributed by atoms with E-state index in [1.807, 2.05) is 0 Å². The first-order valence-electron chi connectivity index (χ1n) is 24.2. The summed E-state index contributed by atoms with van der Waals surface area (Å²) in [6.07, 6.45) is 0.256. The predicted molar refractivity (Wildman–Crippen MR) is 264 cm³/mol. The van der Waals surface area contributed by atoms with Gasteiger partial charge in [0.2, 0.25) is 47.3 Å². The Balaban J connectivity index is 2.48. The predicted octanol–water partition coefficient (Wildman–Crippen LogP) is -1.24. The first-order chi connectivity index (χ1) is 34.3. The zero-order valence-electron chi connectivity index (χ0n) is 42.5. The number of para-hydroxylation sites is 1. The Hall–Kier alpha value is -7.15. The average molecular weight is 1030 g/mol. The number of aliphatic carboxylic acids is 3.